The van der Waals surface area contributed by atoms with Gasteiger partial charge in [-0.3, -0.25) is 0 Å². The lowest BCUT2D eigenvalue weighted by atomic mass is 10.2. The summed E-state index contributed by atoms with van der Waals surface area (Å²) >= 11 is 0. The molecule has 0 unspecified atom stereocenters. The van der Waals surface area contributed by atoms with Gasteiger partial charge in [-0.2, -0.15) is 0 Å². The smallest absolute Gasteiger partial charge is 0.335 e. The Bertz CT molecular complexity index is 736. The van der Waals surface area contributed by atoms with Crippen molar-refractivity contribution in [3.05, 3.63) is 54.1 Å². The Hall–Kier alpha value is -2.34. The van der Waals surface area contributed by atoms with E-state index in [-0.39, 0.29) is 10.5 Å². The van der Waals surface area contributed by atoms with Gasteiger partial charge in [0.1, 0.15) is 0 Å². The number of sulfone groups is 1. The lowest BCUT2D eigenvalue weighted by Crippen LogP contribution is -2.02. The highest BCUT2D eigenvalue weighted by atomic mass is 32.2. The van der Waals surface area contributed by atoms with Crippen LogP contribution in [0.5, 0.6) is 0 Å². The fourth-order valence-corrected chi connectivity index (χ4v) is 2.59. The highest BCUT2D eigenvalue weighted by Crippen LogP contribution is 2.24. The number of hydrogen-bond donors (Lipinski definition) is 2. The van der Waals surface area contributed by atoms with Gasteiger partial charge in [0, 0.05) is 11.9 Å². The van der Waals surface area contributed by atoms with Crippen molar-refractivity contribution in [2.24, 2.45) is 0 Å². The Morgan fingerprint density at radius 2 is 1.65 bits per heavy atom. The van der Waals surface area contributed by atoms with Gasteiger partial charge in [0.25, 0.3) is 0 Å². The first-order valence-corrected chi connectivity index (χ1v) is 7.66. The molecule has 0 heterocycles. The maximum absolute atomic E-state index is 11.7. The van der Waals surface area contributed by atoms with Crippen LogP contribution in [0.25, 0.3) is 0 Å². The molecule has 0 radical (unpaired) electrons. The topological polar surface area (TPSA) is 83.5 Å². The Kier molecular flexibility index (Phi) is 3.76. The lowest BCUT2D eigenvalue weighted by molar-refractivity contribution is 0.0697. The molecule has 0 aromatic heterocycles. The third-order valence-electron chi connectivity index (χ3n) is 2.70. The van der Waals surface area contributed by atoms with Gasteiger partial charge in [0.15, 0.2) is 9.84 Å². The molecule has 0 bridgehead atoms. The van der Waals surface area contributed by atoms with E-state index in [4.69, 9.17) is 5.11 Å². The highest BCUT2D eigenvalue weighted by molar-refractivity contribution is 7.90. The van der Waals surface area contributed by atoms with Crippen LogP contribution >= 0.6 is 0 Å². The number of aromatic carboxylic acids is 1. The fourth-order valence-electron chi connectivity index (χ4n) is 1.74. The third-order valence-corrected chi connectivity index (χ3v) is 3.85. The first-order valence-electron chi connectivity index (χ1n) is 5.77. The minimum atomic E-state index is -3.33. The van der Waals surface area contributed by atoms with Crippen LogP contribution in [0.2, 0.25) is 0 Å². The summed E-state index contributed by atoms with van der Waals surface area (Å²) in [7, 11) is -3.33. The first-order chi connectivity index (χ1) is 9.38. The van der Waals surface area contributed by atoms with Gasteiger partial charge < -0.3 is 10.4 Å². The predicted octanol–water partition coefficient (Wildman–Crippen LogP) is 2.53. The van der Waals surface area contributed by atoms with Crippen LogP contribution in [-0.2, 0) is 9.84 Å². The fraction of sp³-hybridized carbons (Fsp3) is 0.0714. The average Bonchev–Trinajstić information content (AvgIpc) is 2.38. The lowest BCUT2D eigenvalue weighted by Gasteiger charge is -2.10. The van der Waals surface area contributed by atoms with Gasteiger partial charge in [0.2, 0.25) is 0 Å². The molecule has 0 atom stereocenters. The Morgan fingerprint density at radius 1 is 1.05 bits per heavy atom. The highest BCUT2D eigenvalue weighted by Gasteiger charge is 2.12. The van der Waals surface area contributed by atoms with Gasteiger partial charge in [-0.05, 0) is 36.4 Å². The molecule has 0 spiro atoms. The van der Waals surface area contributed by atoms with E-state index in [1.165, 1.54) is 18.2 Å². The van der Waals surface area contributed by atoms with Crippen LogP contribution in [-0.4, -0.2) is 25.7 Å². The summed E-state index contributed by atoms with van der Waals surface area (Å²) < 4.78 is 23.3. The average molecular weight is 291 g/mol. The summed E-state index contributed by atoms with van der Waals surface area (Å²) in [5.41, 5.74) is 1.25. The number of carboxylic acids is 1. The Balaban J connectivity index is 2.33. The molecule has 2 aromatic rings. The van der Waals surface area contributed by atoms with Crippen LogP contribution in [0.15, 0.2) is 53.4 Å². The van der Waals surface area contributed by atoms with Gasteiger partial charge >= 0.3 is 5.97 Å². The maximum atomic E-state index is 11.7. The third kappa shape index (κ3) is 3.16. The van der Waals surface area contributed by atoms with E-state index in [2.05, 4.69) is 5.32 Å². The summed E-state index contributed by atoms with van der Waals surface area (Å²) in [6, 6.07) is 12.6. The number of benzene rings is 2. The minimum absolute atomic E-state index is 0.173. The zero-order valence-corrected chi connectivity index (χ0v) is 11.5. The number of carbonyl (C=O) groups is 1. The Morgan fingerprint density at radius 3 is 2.20 bits per heavy atom. The van der Waals surface area contributed by atoms with Crippen LogP contribution in [0, 0.1) is 0 Å². The van der Waals surface area contributed by atoms with E-state index in [0.29, 0.717) is 11.4 Å². The zero-order chi connectivity index (χ0) is 14.8. The molecule has 20 heavy (non-hydrogen) atoms. The number of nitrogens with one attached hydrogen (secondary N) is 1. The molecule has 0 saturated carbocycles. The molecule has 2 N–H and O–H groups in total. The number of hydrogen-bond acceptors (Lipinski definition) is 4. The van der Waals surface area contributed by atoms with Crippen molar-refractivity contribution in [1.29, 1.82) is 0 Å². The van der Waals surface area contributed by atoms with Crippen LogP contribution in [0.1, 0.15) is 10.4 Å². The second-order valence-corrected chi connectivity index (χ2v) is 6.26. The van der Waals surface area contributed by atoms with Crippen LogP contribution in [0.3, 0.4) is 0 Å². The molecule has 5 nitrogen and oxygen atoms in total. The molecule has 104 valence electrons. The van der Waals surface area contributed by atoms with Gasteiger partial charge in [0.05, 0.1) is 16.1 Å². The second kappa shape index (κ2) is 5.34. The molecule has 0 fully saturated rings. The summed E-state index contributed by atoms with van der Waals surface area (Å²) in [4.78, 5) is 11.0. The first kappa shape index (κ1) is 14.1. The van der Waals surface area contributed by atoms with E-state index in [9.17, 15) is 13.2 Å². The van der Waals surface area contributed by atoms with E-state index >= 15 is 0 Å². The van der Waals surface area contributed by atoms with Gasteiger partial charge in [-0.25, -0.2) is 13.2 Å². The van der Waals surface area contributed by atoms with Crippen molar-refractivity contribution < 1.29 is 18.3 Å². The van der Waals surface area contributed by atoms with Gasteiger partial charge in [-0.15, -0.1) is 0 Å². The number of carboxylic acid groups (broad SMARTS) is 1. The molecule has 0 amide bonds. The summed E-state index contributed by atoms with van der Waals surface area (Å²) in [5, 5.41) is 11.8. The summed E-state index contributed by atoms with van der Waals surface area (Å²) in [6.07, 6.45) is 1.14. The monoisotopic (exact) mass is 291 g/mol. The molecule has 0 aliphatic heterocycles. The molecule has 0 saturated heterocycles. The quantitative estimate of drug-likeness (QED) is 0.904. The van der Waals surface area contributed by atoms with Gasteiger partial charge in [-0.1, -0.05) is 12.1 Å². The van der Waals surface area contributed by atoms with Crippen molar-refractivity contribution in [3.63, 3.8) is 0 Å². The zero-order valence-electron chi connectivity index (χ0n) is 10.7. The second-order valence-electron chi connectivity index (χ2n) is 4.28. The van der Waals surface area contributed by atoms with E-state index in [1.54, 1.807) is 30.3 Å². The van der Waals surface area contributed by atoms with Crippen LogP contribution in [0.4, 0.5) is 11.4 Å². The predicted molar refractivity (Wildman–Crippen MR) is 76.2 cm³/mol. The molecular formula is C14H13NO4S. The number of rotatable bonds is 4. The Labute approximate surface area is 116 Å². The van der Waals surface area contributed by atoms with Crippen molar-refractivity contribution in [1.82, 2.24) is 0 Å². The van der Waals surface area contributed by atoms with Crippen molar-refractivity contribution in [3.8, 4) is 0 Å². The van der Waals surface area contributed by atoms with E-state index in [1.807, 2.05) is 0 Å². The standard InChI is InChI=1S/C14H13NO4S/c1-20(18,19)13-5-3-2-4-12(13)15-11-8-6-10(7-9-11)14(16)17/h2-9,15H,1H3,(H,16,17). The van der Waals surface area contributed by atoms with Crippen molar-refractivity contribution >= 4 is 27.2 Å². The van der Waals surface area contributed by atoms with Crippen molar-refractivity contribution in [2.45, 2.75) is 4.90 Å². The molecule has 0 aliphatic rings. The number of para-hydroxylation sites is 1. The molecular weight excluding hydrogens is 278 g/mol. The largest absolute Gasteiger partial charge is 0.478 e. The normalized spacial score (nSPS) is 11.1. The minimum Gasteiger partial charge on any atom is -0.478 e. The molecule has 6 heteroatoms. The molecule has 0 aliphatic carbocycles. The van der Waals surface area contributed by atoms with E-state index < -0.39 is 15.8 Å². The van der Waals surface area contributed by atoms with Crippen LogP contribution < -0.4 is 5.32 Å². The molecule has 2 aromatic carbocycles. The summed E-state index contributed by atoms with van der Waals surface area (Å²) in [6.45, 7) is 0. The van der Waals surface area contributed by atoms with Crippen molar-refractivity contribution in [2.75, 3.05) is 11.6 Å². The summed E-state index contributed by atoms with van der Waals surface area (Å²) in [5.74, 6) is -1.01. The SMILES string of the molecule is CS(=O)(=O)c1ccccc1Nc1ccc(C(=O)O)cc1. The number of anilines is 2. The van der Waals surface area contributed by atoms with E-state index in [0.717, 1.165) is 6.26 Å². The maximum Gasteiger partial charge on any atom is 0.335 e. The molecule has 2 rings (SSSR count).